The molecule has 1 heterocycles. The van der Waals surface area contributed by atoms with Crippen LogP contribution in [-0.2, 0) is 5.79 Å². The first kappa shape index (κ1) is 13.9. The summed E-state index contributed by atoms with van der Waals surface area (Å²) >= 11 is 5.93. The SMILES string of the molecule is CC(O)(Oc1c[nH]c2cc(Cl)ccc12)c1ccc(F)cc1. The van der Waals surface area contributed by atoms with E-state index in [0.29, 0.717) is 16.3 Å². The van der Waals surface area contributed by atoms with Crippen molar-refractivity contribution in [3.05, 3.63) is 65.1 Å². The van der Waals surface area contributed by atoms with E-state index in [0.717, 1.165) is 10.9 Å². The normalized spacial score (nSPS) is 14.1. The third-order valence-electron chi connectivity index (χ3n) is 3.29. The molecule has 5 heteroatoms. The van der Waals surface area contributed by atoms with Gasteiger partial charge in [0, 0.05) is 29.1 Å². The Kier molecular flexibility index (Phi) is 3.35. The Hall–Kier alpha value is -2.04. The number of hydrogen-bond acceptors (Lipinski definition) is 2. The molecule has 0 saturated heterocycles. The summed E-state index contributed by atoms with van der Waals surface area (Å²) < 4.78 is 18.6. The van der Waals surface area contributed by atoms with Crippen LogP contribution in [0.4, 0.5) is 4.39 Å². The number of halogens is 2. The van der Waals surface area contributed by atoms with E-state index in [1.54, 1.807) is 18.3 Å². The minimum atomic E-state index is -1.57. The highest BCUT2D eigenvalue weighted by molar-refractivity contribution is 6.31. The fourth-order valence-corrected chi connectivity index (χ4v) is 2.36. The number of fused-ring (bicyclic) bond motifs is 1. The number of aromatic amines is 1. The van der Waals surface area contributed by atoms with Crippen LogP contribution in [0.1, 0.15) is 12.5 Å². The highest BCUT2D eigenvalue weighted by Crippen LogP contribution is 2.32. The zero-order chi connectivity index (χ0) is 15.0. The molecule has 1 atom stereocenters. The van der Waals surface area contributed by atoms with E-state index in [1.807, 2.05) is 6.07 Å². The minimum absolute atomic E-state index is 0.365. The van der Waals surface area contributed by atoms with Gasteiger partial charge in [-0.15, -0.1) is 0 Å². The first-order valence-electron chi connectivity index (χ1n) is 6.40. The number of benzene rings is 2. The van der Waals surface area contributed by atoms with E-state index in [9.17, 15) is 9.50 Å². The molecular formula is C16H13ClFNO2. The molecule has 3 rings (SSSR count). The van der Waals surface area contributed by atoms with Gasteiger partial charge < -0.3 is 14.8 Å². The summed E-state index contributed by atoms with van der Waals surface area (Å²) in [6, 6.07) is 10.9. The van der Waals surface area contributed by atoms with Crippen molar-refractivity contribution in [2.75, 3.05) is 0 Å². The van der Waals surface area contributed by atoms with Gasteiger partial charge in [-0.25, -0.2) is 4.39 Å². The largest absolute Gasteiger partial charge is 0.456 e. The second kappa shape index (κ2) is 5.06. The standard InChI is InChI=1S/C16H13ClFNO2/c1-16(20,10-2-5-12(18)6-3-10)21-15-9-19-14-8-11(17)4-7-13(14)15/h2-9,19-20H,1H3. The molecule has 0 aliphatic carbocycles. The van der Waals surface area contributed by atoms with Gasteiger partial charge in [-0.05, 0) is 42.5 Å². The zero-order valence-corrected chi connectivity index (χ0v) is 12.0. The Morgan fingerprint density at radius 1 is 1.19 bits per heavy atom. The van der Waals surface area contributed by atoms with Crippen LogP contribution in [0.2, 0.25) is 5.02 Å². The van der Waals surface area contributed by atoms with Crippen LogP contribution in [0.5, 0.6) is 5.75 Å². The predicted octanol–water partition coefficient (Wildman–Crippen LogP) is 4.20. The molecule has 2 N–H and O–H groups in total. The molecule has 3 aromatic rings. The zero-order valence-electron chi connectivity index (χ0n) is 11.2. The number of ether oxygens (including phenoxy) is 1. The average molecular weight is 306 g/mol. The molecule has 21 heavy (non-hydrogen) atoms. The van der Waals surface area contributed by atoms with Crippen molar-refractivity contribution in [3.8, 4) is 5.75 Å². The summed E-state index contributed by atoms with van der Waals surface area (Å²) in [5, 5.41) is 11.9. The smallest absolute Gasteiger partial charge is 0.232 e. The number of nitrogens with one attached hydrogen (secondary N) is 1. The quantitative estimate of drug-likeness (QED) is 0.712. The summed E-state index contributed by atoms with van der Waals surface area (Å²) in [6.07, 6.45) is 1.65. The molecule has 1 aromatic heterocycles. The first-order chi connectivity index (χ1) is 9.95. The molecular weight excluding hydrogens is 293 g/mol. The van der Waals surface area contributed by atoms with Crippen LogP contribution in [0.25, 0.3) is 10.9 Å². The van der Waals surface area contributed by atoms with Crippen molar-refractivity contribution in [2.24, 2.45) is 0 Å². The summed E-state index contributed by atoms with van der Waals surface area (Å²) in [7, 11) is 0. The first-order valence-corrected chi connectivity index (χ1v) is 6.77. The molecule has 0 radical (unpaired) electrons. The fraction of sp³-hybridized carbons (Fsp3) is 0.125. The number of H-pyrrole nitrogens is 1. The van der Waals surface area contributed by atoms with E-state index in [-0.39, 0.29) is 5.82 Å². The van der Waals surface area contributed by atoms with E-state index in [1.165, 1.54) is 31.2 Å². The molecule has 1 unspecified atom stereocenters. The van der Waals surface area contributed by atoms with Gasteiger partial charge in [0.1, 0.15) is 11.6 Å². The van der Waals surface area contributed by atoms with E-state index in [2.05, 4.69) is 4.98 Å². The van der Waals surface area contributed by atoms with Gasteiger partial charge in [0.25, 0.3) is 0 Å². The highest BCUT2D eigenvalue weighted by Gasteiger charge is 2.26. The van der Waals surface area contributed by atoms with E-state index >= 15 is 0 Å². The van der Waals surface area contributed by atoms with Gasteiger partial charge in [0.05, 0.1) is 5.52 Å². The highest BCUT2D eigenvalue weighted by atomic mass is 35.5. The monoisotopic (exact) mass is 305 g/mol. The van der Waals surface area contributed by atoms with E-state index in [4.69, 9.17) is 16.3 Å². The fourth-order valence-electron chi connectivity index (χ4n) is 2.19. The van der Waals surface area contributed by atoms with Crippen molar-refractivity contribution in [3.63, 3.8) is 0 Å². The second-order valence-corrected chi connectivity index (χ2v) is 5.37. The Morgan fingerprint density at radius 3 is 2.62 bits per heavy atom. The molecule has 0 aliphatic heterocycles. The molecule has 3 nitrogen and oxygen atoms in total. The third-order valence-corrected chi connectivity index (χ3v) is 3.53. The van der Waals surface area contributed by atoms with Gasteiger partial charge in [-0.2, -0.15) is 0 Å². The summed E-state index contributed by atoms with van der Waals surface area (Å²) in [5.74, 6) is -1.44. The maximum absolute atomic E-state index is 13.0. The Labute approximate surface area is 125 Å². The van der Waals surface area contributed by atoms with Crippen LogP contribution in [0, 0.1) is 5.82 Å². The molecule has 0 saturated carbocycles. The molecule has 108 valence electrons. The van der Waals surface area contributed by atoms with Gasteiger partial charge in [0.15, 0.2) is 0 Å². The van der Waals surface area contributed by atoms with Crippen molar-refractivity contribution in [1.29, 1.82) is 0 Å². The van der Waals surface area contributed by atoms with Crippen LogP contribution >= 0.6 is 11.6 Å². The maximum Gasteiger partial charge on any atom is 0.232 e. The average Bonchev–Trinajstić information content (AvgIpc) is 2.81. The second-order valence-electron chi connectivity index (χ2n) is 4.93. The van der Waals surface area contributed by atoms with Gasteiger partial charge in [-0.1, -0.05) is 11.6 Å². The van der Waals surface area contributed by atoms with Gasteiger partial charge in [-0.3, -0.25) is 0 Å². The van der Waals surface area contributed by atoms with E-state index < -0.39 is 5.79 Å². The number of aliphatic hydroxyl groups is 1. The Bertz CT molecular complexity index is 781. The molecule has 0 aliphatic rings. The van der Waals surface area contributed by atoms with Gasteiger partial charge in [0.2, 0.25) is 5.79 Å². The number of aromatic nitrogens is 1. The van der Waals surface area contributed by atoms with Crippen LogP contribution < -0.4 is 4.74 Å². The molecule has 0 bridgehead atoms. The third kappa shape index (κ3) is 2.73. The topological polar surface area (TPSA) is 45.2 Å². The summed E-state index contributed by atoms with van der Waals surface area (Å²) in [4.78, 5) is 3.03. The summed E-state index contributed by atoms with van der Waals surface area (Å²) in [6.45, 7) is 1.51. The lowest BCUT2D eigenvalue weighted by molar-refractivity contribution is -0.128. The van der Waals surface area contributed by atoms with Crippen LogP contribution in [0.3, 0.4) is 0 Å². The minimum Gasteiger partial charge on any atom is -0.456 e. The predicted molar refractivity (Wildman–Crippen MR) is 79.9 cm³/mol. The number of rotatable bonds is 3. The van der Waals surface area contributed by atoms with Crippen LogP contribution in [-0.4, -0.2) is 10.1 Å². The summed E-state index contributed by atoms with van der Waals surface area (Å²) in [5.41, 5.74) is 1.28. The lowest BCUT2D eigenvalue weighted by Crippen LogP contribution is -2.28. The Balaban J connectivity index is 1.95. The molecule has 0 spiro atoms. The Morgan fingerprint density at radius 2 is 1.90 bits per heavy atom. The maximum atomic E-state index is 13.0. The lowest BCUT2D eigenvalue weighted by Gasteiger charge is -2.24. The van der Waals surface area contributed by atoms with Crippen molar-refractivity contribution < 1.29 is 14.2 Å². The van der Waals surface area contributed by atoms with Crippen molar-refractivity contribution >= 4 is 22.5 Å². The molecule has 0 amide bonds. The van der Waals surface area contributed by atoms with Crippen LogP contribution in [0.15, 0.2) is 48.7 Å². The van der Waals surface area contributed by atoms with Crippen molar-refractivity contribution in [1.82, 2.24) is 4.98 Å². The lowest BCUT2D eigenvalue weighted by atomic mass is 10.1. The number of hydrogen-bond donors (Lipinski definition) is 2. The van der Waals surface area contributed by atoms with Gasteiger partial charge >= 0.3 is 0 Å². The van der Waals surface area contributed by atoms with Crippen molar-refractivity contribution in [2.45, 2.75) is 12.7 Å². The molecule has 0 fully saturated rings. The molecule has 2 aromatic carbocycles.